The number of aromatic nitrogens is 2. The van der Waals surface area contributed by atoms with E-state index < -0.39 is 23.4 Å². The second-order valence-electron chi connectivity index (χ2n) is 5.46. The predicted molar refractivity (Wildman–Crippen MR) is 91.2 cm³/mol. The third-order valence-corrected chi connectivity index (χ3v) is 3.63. The van der Waals surface area contributed by atoms with Crippen LogP contribution in [0.2, 0.25) is 0 Å². The summed E-state index contributed by atoms with van der Waals surface area (Å²) in [6.07, 6.45) is -3.90. The fourth-order valence-electron chi connectivity index (χ4n) is 2.27. The highest BCUT2D eigenvalue weighted by atomic mass is 19.4. The van der Waals surface area contributed by atoms with E-state index in [1.165, 1.54) is 12.1 Å². The summed E-state index contributed by atoms with van der Waals surface area (Å²) < 4.78 is 52.8. The summed E-state index contributed by atoms with van der Waals surface area (Å²) in [7, 11) is 1.65. The first-order valence-corrected chi connectivity index (χ1v) is 7.60. The molecule has 0 bridgehead atoms. The van der Waals surface area contributed by atoms with Crippen LogP contribution >= 0.6 is 0 Å². The van der Waals surface area contributed by atoms with Crippen molar-refractivity contribution in [3.63, 3.8) is 0 Å². The summed E-state index contributed by atoms with van der Waals surface area (Å²) in [5.41, 5.74) is -0.00376. The van der Waals surface area contributed by atoms with Gasteiger partial charge in [0, 0.05) is 24.6 Å². The lowest BCUT2D eigenvalue weighted by Gasteiger charge is -2.20. The second-order valence-corrected chi connectivity index (χ2v) is 5.46. The van der Waals surface area contributed by atoms with Crippen LogP contribution in [0.1, 0.15) is 5.56 Å². The lowest BCUT2D eigenvalue weighted by Crippen LogP contribution is -2.17. The largest absolute Gasteiger partial charge is 0.421 e. The molecule has 3 rings (SSSR count). The predicted octanol–water partition coefficient (Wildman–Crippen LogP) is 5.15. The average molecular weight is 362 g/mol. The molecule has 1 aromatic heterocycles. The maximum Gasteiger partial charge on any atom is 0.421 e. The van der Waals surface area contributed by atoms with Gasteiger partial charge in [-0.1, -0.05) is 18.2 Å². The minimum Gasteiger partial charge on any atom is -0.340 e. The van der Waals surface area contributed by atoms with Crippen molar-refractivity contribution in [2.24, 2.45) is 0 Å². The molecule has 0 atom stereocenters. The van der Waals surface area contributed by atoms with Gasteiger partial charge >= 0.3 is 6.18 Å². The third kappa shape index (κ3) is 3.90. The van der Waals surface area contributed by atoms with E-state index in [-0.39, 0.29) is 11.6 Å². The number of rotatable bonds is 4. The lowest BCUT2D eigenvalue weighted by atomic mass is 10.2. The number of hydrogen-bond acceptors (Lipinski definition) is 4. The van der Waals surface area contributed by atoms with Crippen LogP contribution in [0.5, 0.6) is 0 Å². The Bertz CT molecular complexity index is 880. The Kier molecular flexibility index (Phi) is 4.75. The Balaban J connectivity index is 2.00. The first kappa shape index (κ1) is 17.7. The second kappa shape index (κ2) is 6.99. The van der Waals surface area contributed by atoms with Gasteiger partial charge in [0.25, 0.3) is 0 Å². The van der Waals surface area contributed by atoms with Gasteiger partial charge in [-0.05, 0) is 36.4 Å². The average Bonchev–Trinajstić information content (AvgIpc) is 2.63. The van der Waals surface area contributed by atoms with E-state index in [1.807, 2.05) is 6.07 Å². The molecule has 1 N–H and O–H groups in total. The molecule has 134 valence electrons. The van der Waals surface area contributed by atoms with Crippen LogP contribution in [0.4, 0.5) is 40.7 Å². The maximum atomic E-state index is 13.3. The van der Waals surface area contributed by atoms with Crippen LogP contribution in [-0.2, 0) is 6.18 Å². The molecule has 0 saturated carbocycles. The highest BCUT2D eigenvalue weighted by Gasteiger charge is 2.35. The van der Waals surface area contributed by atoms with Crippen molar-refractivity contribution >= 4 is 23.1 Å². The van der Waals surface area contributed by atoms with E-state index in [2.05, 4.69) is 15.3 Å². The van der Waals surface area contributed by atoms with Crippen LogP contribution in [0.3, 0.4) is 0 Å². The number of para-hydroxylation sites is 1. The van der Waals surface area contributed by atoms with Gasteiger partial charge < -0.3 is 10.2 Å². The SMILES string of the molecule is CN(c1ccccc1)c1ncc(C(F)(F)F)c(Nc2ccc(F)cc2)n1. The van der Waals surface area contributed by atoms with Crippen molar-refractivity contribution in [1.29, 1.82) is 0 Å². The van der Waals surface area contributed by atoms with Gasteiger partial charge in [-0.15, -0.1) is 0 Å². The molecule has 2 aromatic carbocycles. The normalized spacial score (nSPS) is 11.3. The zero-order valence-electron chi connectivity index (χ0n) is 13.6. The molecule has 0 fully saturated rings. The van der Waals surface area contributed by atoms with E-state index in [4.69, 9.17) is 0 Å². The van der Waals surface area contributed by atoms with Crippen LogP contribution in [-0.4, -0.2) is 17.0 Å². The summed E-state index contributed by atoms with van der Waals surface area (Å²) >= 11 is 0. The summed E-state index contributed by atoms with van der Waals surface area (Å²) in [6.45, 7) is 0. The number of anilines is 4. The Morgan fingerprint density at radius 3 is 2.23 bits per heavy atom. The monoisotopic (exact) mass is 362 g/mol. The molecule has 0 aliphatic carbocycles. The standard InChI is InChI=1S/C18H14F4N4/c1-26(14-5-3-2-4-6-14)17-23-11-15(18(20,21)22)16(25-17)24-13-9-7-12(19)8-10-13/h2-11H,1H3,(H,23,24,25). The minimum atomic E-state index is -4.63. The zero-order chi connectivity index (χ0) is 18.7. The fraction of sp³-hybridized carbons (Fsp3) is 0.111. The Labute approximate surface area is 147 Å². The summed E-state index contributed by atoms with van der Waals surface area (Å²) in [6, 6.07) is 14.0. The molecular formula is C18H14F4N4. The highest BCUT2D eigenvalue weighted by Crippen LogP contribution is 2.36. The van der Waals surface area contributed by atoms with Crippen LogP contribution in [0, 0.1) is 5.82 Å². The van der Waals surface area contributed by atoms with E-state index in [1.54, 1.807) is 36.2 Å². The molecule has 26 heavy (non-hydrogen) atoms. The highest BCUT2D eigenvalue weighted by molar-refractivity contribution is 5.63. The molecular weight excluding hydrogens is 348 g/mol. The van der Waals surface area contributed by atoms with Crippen LogP contribution in [0.25, 0.3) is 0 Å². The Morgan fingerprint density at radius 1 is 0.962 bits per heavy atom. The van der Waals surface area contributed by atoms with E-state index in [0.717, 1.165) is 24.0 Å². The molecule has 8 heteroatoms. The molecule has 1 heterocycles. The Hall–Kier alpha value is -3.16. The van der Waals surface area contributed by atoms with E-state index in [0.29, 0.717) is 0 Å². The number of nitrogens with zero attached hydrogens (tertiary/aromatic N) is 3. The number of hydrogen-bond donors (Lipinski definition) is 1. The zero-order valence-corrected chi connectivity index (χ0v) is 13.6. The third-order valence-electron chi connectivity index (χ3n) is 3.63. The van der Waals surface area contributed by atoms with Gasteiger partial charge in [0.2, 0.25) is 5.95 Å². The van der Waals surface area contributed by atoms with Gasteiger partial charge in [-0.25, -0.2) is 9.37 Å². The van der Waals surface area contributed by atoms with E-state index in [9.17, 15) is 17.6 Å². The maximum absolute atomic E-state index is 13.3. The number of halogens is 4. The minimum absolute atomic E-state index is 0.0915. The molecule has 0 radical (unpaired) electrons. The molecule has 0 aliphatic rings. The summed E-state index contributed by atoms with van der Waals surface area (Å²) in [5, 5.41) is 2.59. The molecule has 0 amide bonds. The first-order chi connectivity index (χ1) is 12.3. The molecule has 3 aromatic rings. The van der Waals surface area contributed by atoms with Crippen molar-refractivity contribution in [1.82, 2.24) is 9.97 Å². The van der Waals surface area contributed by atoms with Gasteiger partial charge in [0.05, 0.1) is 0 Å². The van der Waals surface area contributed by atoms with Crippen molar-refractivity contribution < 1.29 is 17.6 Å². The lowest BCUT2D eigenvalue weighted by molar-refractivity contribution is -0.137. The molecule has 0 aliphatic heterocycles. The number of nitrogens with one attached hydrogen (secondary N) is 1. The summed E-state index contributed by atoms with van der Waals surface area (Å²) in [5.74, 6) is -0.801. The molecule has 0 spiro atoms. The summed E-state index contributed by atoms with van der Waals surface area (Å²) in [4.78, 5) is 9.42. The first-order valence-electron chi connectivity index (χ1n) is 7.60. The molecule has 0 saturated heterocycles. The van der Waals surface area contributed by atoms with Crippen molar-refractivity contribution in [3.8, 4) is 0 Å². The Morgan fingerprint density at radius 2 is 1.62 bits per heavy atom. The fourth-order valence-corrected chi connectivity index (χ4v) is 2.27. The van der Waals surface area contributed by atoms with Gasteiger partial charge in [-0.3, -0.25) is 0 Å². The molecule has 4 nitrogen and oxygen atoms in total. The van der Waals surface area contributed by atoms with Gasteiger partial charge in [-0.2, -0.15) is 18.2 Å². The van der Waals surface area contributed by atoms with Crippen LogP contribution < -0.4 is 10.2 Å². The van der Waals surface area contributed by atoms with Gasteiger partial charge in [0.1, 0.15) is 17.2 Å². The van der Waals surface area contributed by atoms with E-state index >= 15 is 0 Å². The smallest absolute Gasteiger partial charge is 0.340 e. The number of alkyl halides is 3. The van der Waals surface area contributed by atoms with Crippen molar-refractivity contribution in [3.05, 3.63) is 72.2 Å². The molecule has 0 unspecified atom stereocenters. The van der Waals surface area contributed by atoms with Crippen molar-refractivity contribution in [2.45, 2.75) is 6.18 Å². The number of benzene rings is 2. The van der Waals surface area contributed by atoms with Gasteiger partial charge in [0.15, 0.2) is 0 Å². The van der Waals surface area contributed by atoms with Crippen LogP contribution in [0.15, 0.2) is 60.8 Å². The topological polar surface area (TPSA) is 41.1 Å². The quantitative estimate of drug-likeness (QED) is 0.652. The van der Waals surface area contributed by atoms with Crippen molar-refractivity contribution in [2.75, 3.05) is 17.3 Å².